The van der Waals surface area contributed by atoms with Gasteiger partial charge in [0.25, 0.3) is 0 Å². The number of halogens is 2. The SMILES string of the molecule is CC(=O)Oc1ccc([C@H](CCC(C)C)N2CCNCC2)cc1.Cl.Cl. The largest absolute Gasteiger partial charge is 0.427 e. The van der Waals surface area contributed by atoms with E-state index in [1.165, 1.54) is 25.3 Å². The molecule has 1 aliphatic heterocycles. The average Bonchev–Trinajstić information content (AvgIpc) is 2.49. The van der Waals surface area contributed by atoms with Gasteiger partial charge in [0, 0.05) is 39.1 Å². The Hall–Kier alpha value is -0.810. The van der Waals surface area contributed by atoms with Gasteiger partial charge in [-0.25, -0.2) is 0 Å². The first-order chi connectivity index (χ1) is 10.6. The molecular weight excluding hydrogens is 347 g/mol. The van der Waals surface area contributed by atoms with Gasteiger partial charge in [0.05, 0.1) is 0 Å². The van der Waals surface area contributed by atoms with Crippen molar-refractivity contribution in [3.8, 4) is 5.75 Å². The summed E-state index contributed by atoms with van der Waals surface area (Å²) in [4.78, 5) is 13.6. The van der Waals surface area contributed by atoms with Gasteiger partial charge in [-0.15, -0.1) is 24.8 Å². The lowest BCUT2D eigenvalue weighted by molar-refractivity contribution is -0.131. The van der Waals surface area contributed by atoms with Crippen LogP contribution in [0.25, 0.3) is 0 Å². The molecule has 138 valence electrons. The van der Waals surface area contributed by atoms with Gasteiger partial charge in [0.2, 0.25) is 0 Å². The van der Waals surface area contributed by atoms with Crippen molar-refractivity contribution in [1.29, 1.82) is 0 Å². The van der Waals surface area contributed by atoms with Gasteiger partial charge in [0.15, 0.2) is 0 Å². The van der Waals surface area contributed by atoms with Crippen molar-refractivity contribution in [2.45, 2.75) is 39.7 Å². The van der Waals surface area contributed by atoms with Crippen LogP contribution >= 0.6 is 24.8 Å². The molecule has 2 rings (SSSR count). The van der Waals surface area contributed by atoms with Crippen LogP contribution in [-0.2, 0) is 4.79 Å². The number of benzene rings is 1. The number of carbonyl (C=O) groups is 1. The lowest BCUT2D eigenvalue weighted by Gasteiger charge is -2.35. The number of esters is 1. The summed E-state index contributed by atoms with van der Waals surface area (Å²) in [5, 5.41) is 3.42. The van der Waals surface area contributed by atoms with Crippen LogP contribution in [0.15, 0.2) is 24.3 Å². The number of nitrogens with one attached hydrogen (secondary N) is 1. The third-order valence-electron chi connectivity index (χ3n) is 4.14. The Labute approximate surface area is 158 Å². The molecule has 1 fully saturated rings. The summed E-state index contributed by atoms with van der Waals surface area (Å²) in [6.45, 7) is 10.3. The van der Waals surface area contributed by atoms with E-state index in [9.17, 15) is 4.79 Å². The molecular formula is C18H30Cl2N2O2. The van der Waals surface area contributed by atoms with Crippen molar-refractivity contribution >= 4 is 30.8 Å². The number of nitrogens with zero attached hydrogens (tertiary/aromatic N) is 1. The van der Waals surface area contributed by atoms with Gasteiger partial charge in [-0.3, -0.25) is 9.69 Å². The maximum atomic E-state index is 11.0. The number of carbonyl (C=O) groups excluding carboxylic acids is 1. The molecule has 6 heteroatoms. The van der Waals surface area contributed by atoms with Crippen molar-refractivity contribution in [2.75, 3.05) is 26.2 Å². The highest BCUT2D eigenvalue weighted by molar-refractivity contribution is 5.85. The van der Waals surface area contributed by atoms with E-state index in [2.05, 4.69) is 36.2 Å². The van der Waals surface area contributed by atoms with Crippen molar-refractivity contribution in [2.24, 2.45) is 5.92 Å². The maximum Gasteiger partial charge on any atom is 0.308 e. The predicted octanol–water partition coefficient (Wildman–Crippen LogP) is 3.84. The number of piperazine rings is 1. The van der Waals surface area contributed by atoms with Gasteiger partial charge >= 0.3 is 5.97 Å². The summed E-state index contributed by atoms with van der Waals surface area (Å²) in [6, 6.07) is 8.47. The summed E-state index contributed by atoms with van der Waals surface area (Å²) in [7, 11) is 0. The minimum Gasteiger partial charge on any atom is -0.427 e. The molecule has 0 aromatic heterocycles. The summed E-state index contributed by atoms with van der Waals surface area (Å²) < 4.78 is 5.13. The smallest absolute Gasteiger partial charge is 0.308 e. The van der Waals surface area contributed by atoms with Gasteiger partial charge in [-0.05, 0) is 36.5 Å². The standard InChI is InChI=1S/C18H28N2O2.2ClH/c1-14(2)4-9-18(20-12-10-19-11-13-20)16-5-7-17(8-6-16)22-15(3)21;;/h5-8,14,18-19H,4,9-13H2,1-3H3;2*1H/t18-;;/m0../s1. The topological polar surface area (TPSA) is 41.6 Å². The fourth-order valence-electron chi connectivity index (χ4n) is 2.97. The van der Waals surface area contributed by atoms with Crippen LogP contribution in [0.5, 0.6) is 5.75 Å². The molecule has 0 bridgehead atoms. The monoisotopic (exact) mass is 376 g/mol. The van der Waals surface area contributed by atoms with E-state index in [0.29, 0.717) is 17.7 Å². The molecule has 0 radical (unpaired) electrons. The Morgan fingerprint density at radius 3 is 2.21 bits per heavy atom. The Bertz CT molecular complexity index is 474. The van der Waals surface area contributed by atoms with Crippen molar-refractivity contribution in [1.82, 2.24) is 10.2 Å². The molecule has 1 saturated heterocycles. The van der Waals surface area contributed by atoms with Gasteiger partial charge in [-0.1, -0.05) is 26.0 Å². The van der Waals surface area contributed by atoms with Crippen molar-refractivity contribution in [3.63, 3.8) is 0 Å². The molecule has 1 aromatic rings. The highest BCUT2D eigenvalue weighted by Gasteiger charge is 2.22. The van der Waals surface area contributed by atoms with Crippen LogP contribution in [0, 0.1) is 5.92 Å². The normalized spacial score (nSPS) is 16.0. The lowest BCUT2D eigenvalue weighted by atomic mass is 9.95. The van der Waals surface area contributed by atoms with Crippen LogP contribution < -0.4 is 10.1 Å². The highest BCUT2D eigenvalue weighted by atomic mass is 35.5. The Morgan fingerprint density at radius 1 is 1.12 bits per heavy atom. The van der Waals surface area contributed by atoms with Crippen LogP contribution in [0.2, 0.25) is 0 Å². The second-order valence-electron chi connectivity index (χ2n) is 6.44. The number of hydrogen-bond acceptors (Lipinski definition) is 4. The van der Waals surface area contributed by atoms with E-state index in [4.69, 9.17) is 4.74 Å². The molecule has 0 amide bonds. The highest BCUT2D eigenvalue weighted by Crippen LogP contribution is 2.29. The third-order valence-corrected chi connectivity index (χ3v) is 4.14. The molecule has 0 unspecified atom stereocenters. The van der Waals surface area contributed by atoms with Crippen molar-refractivity contribution in [3.05, 3.63) is 29.8 Å². The summed E-state index contributed by atoms with van der Waals surface area (Å²) >= 11 is 0. The second kappa shape index (κ2) is 11.7. The van der Waals surface area contributed by atoms with E-state index in [0.717, 1.165) is 26.2 Å². The van der Waals surface area contributed by atoms with Crippen LogP contribution in [0.1, 0.15) is 45.2 Å². The van der Waals surface area contributed by atoms with Crippen LogP contribution in [0.4, 0.5) is 0 Å². The Kier molecular flexibility index (Phi) is 11.3. The number of hydrogen-bond donors (Lipinski definition) is 1. The minimum absolute atomic E-state index is 0. The summed E-state index contributed by atoms with van der Waals surface area (Å²) in [5.74, 6) is 1.07. The Morgan fingerprint density at radius 2 is 1.71 bits per heavy atom. The molecule has 24 heavy (non-hydrogen) atoms. The fourth-order valence-corrected chi connectivity index (χ4v) is 2.97. The van der Waals surface area contributed by atoms with E-state index in [1.54, 1.807) is 0 Å². The predicted molar refractivity (Wildman–Crippen MR) is 104 cm³/mol. The van der Waals surface area contributed by atoms with E-state index >= 15 is 0 Å². The van der Waals surface area contributed by atoms with Gasteiger partial charge in [-0.2, -0.15) is 0 Å². The number of ether oxygens (including phenoxy) is 1. The zero-order valence-electron chi connectivity index (χ0n) is 14.8. The molecule has 0 aliphatic carbocycles. The third kappa shape index (κ3) is 7.39. The summed E-state index contributed by atoms with van der Waals surface area (Å²) in [6.07, 6.45) is 2.39. The van der Waals surface area contributed by atoms with Gasteiger partial charge < -0.3 is 10.1 Å². The van der Waals surface area contributed by atoms with Crippen LogP contribution in [0.3, 0.4) is 0 Å². The van der Waals surface area contributed by atoms with E-state index in [1.807, 2.05) is 12.1 Å². The Balaban J connectivity index is 0.00000264. The summed E-state index contributed by atoms with van der Waals surface area (Å²) in [5.41, 5.74) is 1.32. The average molecular weight is 377 g/mol. The number of rotatable bonds is 6. The molecule has 1 aliphatic rings. The first-order valence-corrected chi connectivity index (χ1v) is 8.29. The van der Waals surface area contributed by atoms with E-state index in [-0.39, 0.29) is 30.8 Å². The molecule has 1 atom stereocenters. The molecule has 4 nitrogen and oxygen atoms in total. The van der Waals surface area contributed by atoms with Crippen molar-refractivity contribution < 1.29 is 9.53 Å². The zero-order valence-corrected chi connectivity index (χ0v) is 16.4. The minimum atomic E-state index is -0.272. The zero-order chi connectivity index (χ0) is 15.9. The molecule has 1 N–H and O–H groups in total. The maximum absolute atomic E-state index is 11.0. The first kappa shape index (κ1) is 23.2. The first-order valence-electron chi connectivity index (χ1n) is 8.29. The molecule has 1 aromatic carbocycles. The quantitative estimate of drug-likeness (QED) is 0.604. The molecule has 0 spiro atoms. The molecule has 1 heterocycles. The fraction of sp³-hybridized carbons (Fsp3) is 0.611. The second-order valence-corrected chi connectivity index (χ2v) is 6.44. The van der Waals surface area contributed by atoms with Crippen LogP contribution in [-0.4, -0.2) is 37.0 Å². The lowest BCUT2D eigenvalue weighted by Crippen LogP contribution is -2.45. The molecule has 0 saturated carbocycles. The van der Waals surface area contributed by atoms with Gasteiger partial charge in [0.1, 0.15) is 5.75 Å². The van der Waals surface area contributed by atoms with E-state index < -0.39 is 0 Å².